The number of halogens is 4. The third-order valence-corrected chi connectivity index (χ3v) is 4.57. The minimum Gasteiger partial charge on any atom is -0.481 e. The maximum Gasteiger partial charge on any atom is 0.406 e. The average molecular weight is 409 g/mol. The molecule has 144 valence electrons. The summed E-state index contributed by atoms with van der Waals surface area (Å²) in [7, 11) is 1.44. The average Bonchev–Trinajstić information content (AvgIpc) is 3.10. The molecule has 28 heavy (non-hydrogen) atoms. The number of hydrogen-bond donors (Lipinski definition) is 0. The molecular weight excluding hydrogens is 397 g/mol. The highest BCUT2D eigenvalue weighted by Crippen LogP contribution is 2.30. The summed E-state index contributed by atoms with van der Waals surface area (Å²) in [6.45, 7) is -1.39. The Morgan fingerprint density at radius 2 is 1.93 bits per heavy atom. The lowest BCUT2D eigenvalue weighted by molar-refractivity contribution is -0.140. The van der Waals surface area contributed by atoms with Gasteiger partial charge in [0, 0.05) is 11.5 Å². The van der Waals surface area contributed by atoms with E-state index in [4.69, 9.17) is 16.3 Å². The van der Waals surface area contributed by atoms with Gasteiger partial charge in [-0.3, -0.25) is 9.36 Å². The summed E-state index contributed by atoms with van der Waals surface area (Å²) in [4.78, 5) is 16.8. The van der Waals surface area contributed by atoms with Gasteiger partial charge in [-0.1, -0.05) is 29.8 Å². The first-order valence-corrected chi connectivity index (χ1v) is 8.44. The third kappa shape index (κ3) is 2.97. The Morgan fingerprint density at radius 1 is 1.18 bits per heavy atom. The first kappa shape index (κ1) is 18.3. The molecule has 0 unspecified atom stereocenters. The smallest absolute Gasteiger partial charge is 0.406 e. The van der Waals surface area contributed by atoms with Crippen molar-refractivity contribution in [2.75, 3.05) is 7.11 Å². The number of fused-ring (bicyclic) bond motifs is 3. The fourth-order valence-electron chi connectivity index (χ4n) is 3.13. The van der Waals surface area contributed by atoms with Gasteiger partial charge in [0.2, 0.25) is 5.88 Å². The van der Waals surface area contributed by atoms with Crippen LogP contribution in [0.4, 0.5) is 13.2 Å². The maximum absolute atomic E-state index is 13.0. The van der Waals surface area contributed by atoms with Gasteiger partial charge >= 0.3 is 6.18 Å². The van der Waals surface area contributed by atoms with E-state index in [-0.39, 0.29) is 21.8 Å². The van der Waals surface area contributed by atoms with E-state index in [2.05, 4.69) is 10.1 Å². The summed E-state index contributed by atoms with van der Waals surface area (Å²) in [5.41, 5.74) is 0.112. The second kappa shape index (κ2) is 6.52. The van der Waals surface area contributed by atoms with Gasteiger partial charge in [0.05, 0.1) is 46.6 Å². The zero-order chi connectivity index (χ0) is 20.1. The van der Waals surface area contributed by atoms with Crippen LogP contribution in [0.3, 0.4) is 0 Å². The Hall–Kier alpha value is -3.07. The quantitative estimate of drug-likeness (QED) is 0.515. The predicted octanol–water partition coefficient (Wildman–Crippen LogP) is 3.96. The minimum absolute atomic E-state index is 0.0507. The van der Waals surface area contributed by atoms with Crippen LogP contribution in [-0.4, -0.2) is 32.6 Å². The van der Waals surface area contributed by atoms with Crippen LogP contribution >= 0.6 is 11.6 Å². The molecule has 0 aliphatic carbocycles. The van der Waals surface area contributed by atoms with Crippen molar-refractivity contribution in [1.29, 1.82) is 0 Å². The molecule has 0 radical (unpaired) electrons. The first-order chi connectivity index (χ1) is 13.3. The monoisotopic (exact) mass is 408 g/mol. The molecule has 0 saturated heterocycles. The fraction of sp³-hybridized carbons (Fsp3) is 0.167. The van der Waals surface area contributed by atoms with Crippen molar-refractivity contribution < 1.29 is 17.9 Å². The van der Waals surface area contributed by atoms with Crippen LogP contribution in [0.1, 0.15) is 0 Å². The molecule has 0 saturated carbocycles. The van der Waals surface area contributed by atoms with E-state index in [0.717, 1.165) is 0 Å². The zero-order valence-electron chi connectivity index (χ0n) is 14.4. The van der Waals surface area contributed by atoms with Gasteiger partial charge in [-0.25, -0.2) is 9.67 Å². The maximum atomic E-state index is 13.0. The largest absolute Gasteiger partial charge is 0.481 e. The Kier molecular flexibility index (Phi) is 4.26. The minimum atomic E-state index is -4.54. The molecule has 3 heterocycles. The number of alkyl halides is 3. The first-order valence-electron chi connectivity index (χ1n) is 8.06. The topological polar surface area (TPSA) is 61.9 Å². The SMILES string of the molecule is COc1cc(-n2ncc3c(=O)n(CC(F)(F)F)c4ccccc4c32)c(Cl)cn1. The van der Waals surface area contributed by atoms with Crippen LogP contribution < -0.4 is 10.3 Å². The van der Waals surface area contributed by atoms with Gasteiger partial charge in [0.25, 0.3) is 5.56 Å². The van der Waals surface area contributed by atoms with Crippen molar-refractivity contribution >= 4 is 33.4 Å². The van der Waals surface area contributed by atoms with Crippen LogP contribution in [0, 0.1) is 0 Å². The normalized spacial score (nSPS) is 12.0. The standard InChI is InChI=1S/C18H12ClF3N4O2/c1-28-15-6-14(12(19)8-23-15)26-16-10-4-2-3-5-13(10)25(9-18(20,21)22)17(27)11(16)7-24-26/h2-8H,9H2,1H3. The molecule has 0 amide bonds. The van der Waals surface area contributed by atoms with E-state index < -0.39 is 18.3 Å². The molecule has 0 aliphatic rings. The van der Waals surface area contributed by atoms with E-state index >= 15 is 0 Å². The van der Waals surface area contributed by atoms with Crippen LogP contribution in [-0.2, 0) is 6.54 Å². The number of para-hydroxylation sites is 1. The number of rotatable bonds is 3. The van der Waals surface area contributed by atoms with Crippen LogP contribution in [0.15, 0.2) is 47.5 Å². The number of methoxy groups -OCH3 is 1. The lowest BCUT2D eigenvalue weighted by Gasteiger charge is -2.14. The van der Waals surface area contributed by atoms with Crippen molar-refractivity contribution in [3.05, 3.63) is 58.1 Å². The molecular formula is C18H12ClF3N4O2. The number of benzene rings is 1. The molecule has 6 nitrogen and oxygen atoms in total. The molecule has 4 rings (SSSR count). The van der Waals surface area contributed by atoms with Crippen molar-refractivity contribution in [1.82, 2.24) is 19.3 Å². The lowest BCUT2D eigenvalue weighted by atomic mass is 10.1. The summed E-state index contributed by atoms with van der Waals surface area (Å²) >= 11 is 6.24. The second-order valence-corrected chi connectivity index (χ2v) is 6.43. The Morgan fingerprint density at radius 3 is 2.64 bits per heavy atom. The fourth-order valence-corrected chi connectivity index (χ4v) is 3.31. The van der Waals surface area contributed by atoms with E-state index in [9.17, 15) is 18.0 Å². The summed E-state index contributed by atoms with van der Waals surface area (Å²) < 4.78 is 46.3. The van der Waals surface area contributed by atoms with E-state index in [1.807, 2.05) is 0 Å². The summed E-state index contributed by atoms with van der Waals surface area (Å²) in [6, 6.07) is 7.88. The van der Waals surface area contributed by atoms with E-state index in [1.165, 1.54) is 36.3 Å². The van der Waals surface area contributed by atoms with E-state index in [1.54, 1.807) is 18.2 Å². The van der Waals surface area contributed by atoms with Gasteiger partial charge in [-0.05, 0) is 6.07 Å². The highest BCUT2D eigenvalue weighted by molar-refractivity contribution is 6.32. The molecule has 0 aliphatic heterocycles. The van der Waals surface area contributed by atoms with Crippen LogP contribution in [0.2, 0.25) is 5.02 Å². The molecule has 0 bridgehead atoms. The third-order valence-electron chi connectivity index (χ3n) is 4.28. The van der Waals surface area contributed by atoms with Crippen LogP contribution in [0.25, 0.3) is 27.5 Å². The van der Waals surface area contributed by atoms with Crippen molar-refractivity contribution in [3.63, 3.8) is 0 Å². The molecule has 3 aromatic heterocycles. The number of pyridine rings is 2. The Balaban J connectivity index is 2.10. The van der Waals surface area contributed by atoms with Crippen molar-refractivity contribution in [2.24, 2.45) is 0 Å². The molecule has 10 heteroatoms. The highest BCUT2D eigenvalue weighted by Gasteiger charge is 2.30. The lowest BCUT2D eigenvalue weighted by Crippen LogP contribution is -2.28. The number of hydrogen-bond acceptors (Lipinski definition) is 4. The van der Waals surface area contributed by atoms with Gasteiger partial charge < -0.3 is 4.74 Å². The van der Waals surface area contributed by atoms with Crippen molar-refractivity contribution in [2.45, 2.75) is 12.7 Å². The highest BCUT2D eigenvalue weighted by atomic mass is 35.5. The number of nitrogens with zero attached hydrogens (tertiary/aromatic N) is 4. The predicted molar refractivity (Wildman–Crippen MR) is 98.2 cm³/mol. The van der Waals surface area contributed by atoms with Crippen LogP contribution in [0.5, 0.6) is 5.88 Å². The van der Waals surface area contributed by atoms with Gasteiger partial charge in [0.1, 0.15) is 6.54 Å². The van der Waals surface area contributed by atoms with Gasteiger partial charge in [-0.15, -0.1) is 0 Å². The summed E-state index contributed by atoms with van der Waals surface area (Å²) in [5, 5.41) is 4.94. The molecule has 0 fully saturated rings. The molecule has 1 aromatic carbocycles. The summed E-state index contributed by atoms with van der Waals surface area (Å²) in [5.74, 6) is 0.276. The van der Waals surface area contributed by atoms with Gasteiger partial charge in [0.15, 0.2) is 0 Å². The van der Waals surface area contributed by atoms with Gasteiger partial charge in [-0.2, -0.15) is 18.3 Å². The summed E-state index contributed by atoms with van der Waals surface area (Å²) in [6.07, 6.45) is -1.94. The van der Waals surface area contributed by atoms with Crippen molar-refractivity contribution in [3.8, 4) is 11.6 Å². The zero-order valence-corrected chi connectivity index (χ0v) is 15.1. The number of aromatic nitrogens is 4. The Labute approximate surface area is 160 Å². The molecule has 0 atom stereocenters. The van der Waals surface area contributed by atoms with E-state index in [0.29, 0.717) is 21.2 Å². The molecule has 0 spiro atoms. The second-order valence-electron chi connectivity index (χ2n) is 6.02. The Bertz CT molecular complexity index is 1260. The molecule has 0 N–H and O–H groups in total. The molecule has 4 aromatic rings. The number of ether oxygens (including phenoxy) is 1.